The van der Waals surface area contributed by atoms with Gasteiger partial charge in [0.2, 0.25) is 0 Å². The zero-order valence-corrected chi connectivity index (χ0v) is 13.3. The first kappa shape index (κ1) is 16.5. The van der Waals surface area contributed by atoms with E-state index >= 15 is 0 Å². The van der Waals surface area contributed by atoms with Crippen molar-refractivity contribution < 1.29 is 14.7 Å². The van der Waals surface area contributed by atoms with E-state index in [1.807, 2.05) is 32.9 Å². The van der Waals surface area contributed by atoms with Crippen LogP contribution < -0.4 is 10.6 Å². The van der Waals surface area contributed by atoms with E-state index in [1.54, 1.807) is 6.07 Å². The Hall–Kier alpha value is -1.56. The molecule has 0 aromatic heterocycles. The lowest BCUT2D eigenvalue weighted by Gasteiger charge is -2.17. The number of rotatable bonds is 5. The number of carboxylic acids is 1. The number of hydrogen-bond donors (Lipinski definition) is 3. The highest BCUT2D eigenvalue weighted by Crippen LogP contribution is 2.19. The molecule has 6 heteroatoms. The van der Waals surface area contributed by atoms with E-state index in [2.05, 4.69) is 26.6 Å². The molecule has 0 radical (unpaired) electrons. The molecule has 20 heavy (non-hydrogen) atoms. The summed E-state index contributed by atoms with van der Waals surface area (Å²) in [5.41, 5.74) is 1.55. The lowest BCUT2D eigenvalue weighted by atomic mass is 10.0. The highest BCUT2D eigenvalue weighted by atomic mass is 79.9. The standard InChI is InChI=1S/C14H19BrN2O3/c1-8(2)6-12(13(18)19)17-14(20)16-11-5-4-10(15)7-9(11)3/h4-5,7-8,12H,6H2,1-3H3,(H,18,19)(H2,16,17,20). The summed E-state index contributed by atoms with van der Waals surface area (Å²) in [5, 5.41) is 14.2. The Kier molecular flexibility index (Phi) is 6.01. The van der Waals surface area contributed by atoms with E-state index in [0.29, 0.717) is 12.1 Å². The maximum absolute atomic E-state index is 11.8. The van der Waals surface area contributed by atoms with Crippen molar-refractivity contribution in [2.24, 2.45) is 5.92 Å². The van der Waals surface area contributed by atoms with Gasteiger partial charge in [0.25, 0.3) is 0 Å². The van der Waals surface area contributed by atoms with E-state index < -0.39 is 18.0 Å². The second-order valence-corrected chi connectivity index (χ2v) is 5.99. The van der Waals surface area contributed by atoms with Gasteiger partial charge in [-0.15, -0.1) is 0 Å². The largest absolute Gasteiger partial charge is 0.480 e. The summed E-state index contributed by atoms with van der Waals surface area (Å²) in [7, 11) is 0. The maximum atomic E-state index is 11.8. The Balaban J connectivity index is 2.68. The van der Waals surface area contributed by atoms with Crippen LogP contribution in [0.5, 0.6) is 0 Å². The number of urea groups is 1. The third-order valence-electron chi connectivity index (χ3n) is 2.75. The van der Waals surface area contributed by atoms with Gasteiger partial charge in [-0.3, -0.25) is 0 Å². The van der Waals surface area contributed by atoms with Gasteiger partial charge in [-0.2, -0.15) is 0 Å². The predicted molar refractivity (Wildman–Crippen MR) is 81.9 cm³/mol. The second-order valence-electron chi connectivity index (χ2n) is 5.08. The number of anilines is 1. The highest BCUT2D eigenvalue weighted by molar-refractivity contribution is 9.10. The quantitative estimate of drug-likeness (QED) is 0.767. The molecule has 0 aliphatic carbocycles. The molecule has 0 spiro atoms. The fourth-order valence-electron chi connectivity index (χ4n) is 1.78. The van der Waals surface area contributed by atoms with Crippen molar-refractivity contribution in [3.63, 3.8) is 0 Å². The van der Waals surface area contributed by atoms with Crippen molar-refractivity contribution in [3.05, 3.63) is 28.2 Å². The molecule has 3 N–H and O–H groups in total. The van der Waals surface area contributed by atoms with Crippen LogP contribution in [0.2, 0.25) is 0 Å². The summed E-state index contributed by atoms with van der Waals surface area (Å²) < 4.78 is 0.921. The Morgan fingerprint density at radius 2 is 2.00 bits per heavy atom. The van der Waals surface area contributed by atoms with Gasteiger partial charge in [0, 0.05) is 10.2 Å². The van der Waals surface area contributed by atoms with Gasteiger partial charge >= 0.3 is 12.0 Å². The van der Waals surface area contributed by atoms with Crippen LogP contribution >= 0.6 is 15.9 Å². The molecule has 1 aromatic carbocycles. The first-order valence-corrected chi connectivity index (χ1v) is 7.15. The lowest BCUT2D eigenvalue weighted by Crippen LogP contribution is -2.43. The minimum absolute atomic E-state index is 0.186. The third kappa shape index (κ3) is 5.21. The van der Waals surface area contributed by atoms with Crippen LogP contribution in [0, 0.1) is 12.8 Å². The summed E-state index contributed by atoms with van der Waals surface area (Å²) in [4.78, 5) is 22.9. The number of nitrogens with one attached hydrogen (secondary N) is 2. The van der Waals surface area contributed by atoms with E-state index in [4.69, 9.17) is 5.11 Å². The molecule has 0 saturated carbocycles. The van der Waals surface area contributed by atoms with E-state index in [9.17, 15) is 9.59 Å². The number of aryl methyl sites for hydroxylation is 1. The molecular formula is C14H19BrN2O3. The van der Waals surface area contributed by atoms with Crippen LogP contribution in [-0.4, -0.2) is 23.1 Å². The maximum Gasteiger partial charge on any atom is 0.326 e. The topological polar surface area (TPSA) is 78.4 Å². The lowest BCUT2D eigenvalue weighted by molar-refractivity contribution is -0.139. The Bertz CT molecular complexity index is 503. The van der Waals surface area contributed by atoms with Crippen LogP contribution in [0.15, 0.2) is 22.7 Å². The van der Waals surface area contributed by atoms with Gasteiger partial charge in [-0.05, 0) is 43.0 Å². The van der Waals surface area contributed by atoms with Crippen molar-refractivity contribution in [3.8, 4) is 0 Å². The number of benzene rings is 1. The molecular weight excluding hydrogens is 324 g/mol. The Morgan fingerprint density at radius 1 is 1.35 bits per heavy atom. The Morgan fingerprint density at radius 3 is 2.50 bits per heavy atom. The summed E-state index contributed by atoms with van der Waals surface area (Å²) in [6, 6.07) is 4.05. The monoisotopic (exact) mass is 342 g/mol. The van der Waals surface area contributed by atoms with Crippen LogP contribution in [0.3, 0.4) is 0 Å². The Labute approximate surface area is 126 Å². The normalized spacial score (nSPS) is 12.1. The molecule has 0 aliphatic heterocycles. The summed E-state index contributed by atoms with van der Waals surface area (Å²) in [6.45, 7) is 5.69. The van der Waals surface area contributed by atoms with E-state index in [1.165, 1.54) is 0 Å². The number of aliphatic carboxylic acids is 1. The average molecular weight is 343 g/mol. The molecule has 0 fully saturated rings. The molecule has 0 heterocycles. The van der Waals surface area contributed by atoms with Gasteiger partial charge in [-0.1, -0.05) is 29.8 Å². The SMILES string of the molecule is Cc1cc(Br)ccc1NC(=O)NC(CC(C)C)C(=O)O. The molecule has 1 rings (SSSR count). The number of carboxylic acid groups (broad SMARTS) is 1. The molecule has 1 aromatic rings. The number of hydrogen-bond acceptors (Lipinski definition) is 2. The minimum Gasteiger partial charge on any atom is -0.480 e. The van der Waals surface area contributed by atoms with E-state index in [0.717, 1.165) is 10.0 Å². The van der Waals surface area contributed by atoms with Crippen molar-refractivity contribution >= 4 is 33.6 Å². The predicted octanol–water partition coefficient (Wildman–Crippen LogP) is 3.38. The van der Waals surface area contributed by atoms with Gasteiger partial charge in [0.15, 0.2) is 0 Å². The van der Waals surface area contributed by atoms with Crippen LogP contribution in [0.4, 0.5) is 10.5 Å². The number of amides is 2. The molecule has 5 nitrogen and oxygen atoms in total. The van der Waals surface area contributed by atoms with Crippen molar-refractivity contribution in [1.29, 1.82) is 0 Å². The van der Waals surface area contributed by atoms with Crippen molar-refractivity contribution in [1.82, 2.24) is 5.32 Å². The molecule has 1 unspecified atom stereocenters. The van der Waals surface area contributed by atoms with Crippen molar-refractivity contribution in [2.75, 3.05) is 5.32 Å². The van der Waals surface area contributed by atoms with Crippen LogP contribution in [0.25, 0.3) is 0 Å². The zero-order valence-electron chi connectivity index (χ0n) is 11.7. The first-order valence-electron chi connectivity index (χ1n) is 6.36. The molecule has 1 atom stereocenters. The average Bonchev–Trinajstić information content (AvgIpc) is 2.31. The first-order chi connectivity index (χ1) is 9.29. The fraction of sp³-hybridized carbons (Fsp3) is 0.429. The van der Waals surface area contributed by atoms with Crippen LogP contribution in [0.1, 0.15) is 25.8 Å². The zero-order chi connectivity index (χ0) is 15.3. The summed E-state index contributed by atoms with van der Waals surface area (Å²) >= 11 is 3.34. The summed E-state index contributed by atoms with van der Waals surface area (Å²) in [5.74, 6) is -0.841. The summed E-state index contributed by atoms with van der Waals surface area (Å²) in [6.07, 6.45) is 0.391. The van der Waals surface area contributed by atoms with Crippen LogP contribution in [-0.2, 0) is 4.79 Å². The smallest absolute Gasteiger partial charge is 0.326 e. The number of halogens is 1. The minimum atomic E-state index is -1.03. The second kappa shape index (κ2) is 7.28. The van der Waals surface area contributed by atoms with Gasteiger partial charge in [0.05, 0.1) is 0 Å². The van der Waals surface area contributed by atoms with Gasteiger partial charge < -0.3 is 15.7 Å². The fourth-order valence-corrected chi connectivity index (χ4v) is 2.25. The molecule has 0 aliphatic rings. The highest BCUT2D eigenvalue weighted by Gasteiger charge is 2.21. The van der Waals surface area contributed by atoms with Gasteiger partial charge in [0.1, 0.15) is 6.04 Å². The number of carbonyl (C=O) groups is 2. The van der Waals surface area contributed by atoms with E-state index in [-0.39, 0.29) is 5.92 Å². The third-order valence-corrected chi connectivity index (χ3v) is 3.24. The number of carbonyl (C=O) groups excluding carboxylic acids is 1. The van der Waals surface area contributed by atoms with Crippen molar-refractivity contribution in [2.45, 2.75) is 33.2 Å². The molecule has 110 valence electrons. The molecule has 2 amide bonds. The molecule has 0 saturated heterocycles. The van der Waals surface area contributed by atoms with Gasteiger partial charge in [-0.25, -0.2) is 9.59 Å². The molecule has 0 bridgehead atoms.